The van der Waals surface area contributed by atoms with Gasteiger partial charge in [0.15, 0.2) is 5.13 Å². The number of rotatable bonds is 5. The van der Waals surface area contributed by atoms with Gasteiger partial charge in [-0.15, -0.1) is 0 Å². The van der Waals surface area contributed by atoms with Crippen LogP contribution in [0.4, 0.5) is 5.13 Å². The molecule has 0 unspecified atom stereocenters. The van der Waals surface area contributed by atoms with Crippen LogP contribution >= 0.6 is 22.9 Å². The highest BCUT2D eigenvalue weighted by atomic mass is 35.5. The van der Waals surface area contributed by atoms with Gasteiger partial charge in [0.05, 0.1) is 15.8 Å². The number of hydrogen-bond acceptors (Lipinski definition) is 4. The number of nitrogens with zero attached hydrogens (tertiary/aromatic N) is 2. The summed E-state index contributed by atoms with van der Waals surface area (Å²) in [6.45, 7) is 2.18. The predicted octanol–water partition coefficient (Wildman–Crippen LogP) is 4.94. The van der Waals surface area contributed by atoms with Crippen LogP contribution in [0.3, 0.4) is 0 Å². The second kappa shape index (κ2) is 7.06. The van der Waals surface area contributed by atoms with Gasteiger partial charge in [0.1, 0.15) is 5.15 Å². The second-order valence-corrected chi connectivity index (χ2v) is 6.61. The van der Waals surface area contributed by atoms with Crippen molar-refractivity contribution in [3.05, 3.63) is 52.8 Å². The Kier molecular flexibility index (Phi) is 4.88. The summed E-state index contributed by atoms with van der Waals surface area (Å²) in [5.74, 6) is -0.298. The fourth-order valence-corrected chi connectivity index (χ4v) is 3.41. The zero-order chi connectivity index (χ0) is 16.2. The molecular formula is C17H16ClN3OS. The number of aryl methyl sites for hydroxylation is 1. The number of carbonyl (C=O) groups is 1. The maximum Gasteiger partial charge on any atom is 0.260 e. The Morgan fingerprint density at radius 2 is 2.22 bits per heavy atom. The molecule has 23 heavy (non-hydrogen) atoms. The molecule has 0 saturated carbocycles. The van der Waals surface area contributed by atoms with Crippen LogP contribution in [0.2, 0.25) is 5.15 Å². The average molecular weight is 346 g/mol. The number of anilines is 1. The number of nitrogens with one attached hydrogen (secondary N) is 1. The van der Waals surface area contributed by atoms with E-state index in [1.165, 1.54) is 29.7 Å². The number of pyridine rings is 1. The first-order valence-corrected chi connectivity index (χ1v) is 8.68. The number of amides is 1. The lowest BCUT2D eigenvalue weighted by Gasteiger charge is -2.02. The van der Waals surface area contributed by atoms with Crippen LogP contribution in [-0.4, -0.2) is 15.9 Å². The molecule has 118 valence electrons. The SMILES string of the molecule is CCCCc1ccc2nc(NC(=O)c3cccnc3Cl)sc2c1. The van der Waals surface area contributed by atoms with Crippen molar-refractivity contribution in [1.29, 1.82) is 0 Å². The summed E-state index contributed by atoms with van der Waals surface area (Å²) in [5.41, 5.74) is 2.54. The maximum absolute atomic E-state index is 12.3. The fraction of sp³-hybridized carbons (Fsp3) is 0.235. The third kappa shape index (κ3) is 3.68. The quantitative estimate of drug-likeness (QED) is 0.666. The highest BCUT2D eigenvalue weighted by Gasteiger charge is 2.13. The van der Waals surface area contributed by atoms with E-state index in [1.54, 1.807) is 18.3 Å². The lowest BCUT2D eigenvalue weighted by atomic mass is 10.1. The van der Waals surface area contributed by atoms with E-state index in [-0.39, 0.29) is 11.1 Å². The van der Waals surface area contributed by atoms with Crippen LogP contribution in [0, 0.1) is 0 Å². The lowest BCUT2D eigenvalue weighted by Crippen LogP contribution is -2.12. The minimum atomic E-state index is -0.298. The first-order chi connectivity index (χ1) is 11.2. The van der Waals surface area contributed by atoms with Crippen molar-refractivity contribution in [2.45, 2.75) is 26.2 Å². The molecule has 2 heterocycles. The number of fused-ring (bicyclic) bond motifs is 1. The molecule has 0 aliphatic heterocycles. The van der Waals surface area contributed by atoms with Gasteiger partial charge in [0.2, 0.25) is 0 Å². The van der Waals surface area contributed by atoms with Crippen molar-refractivity contribution in [2.75, 3.05) is 5.32 Å². The van der Waals surface area contributed by atoms with Gasteiger partial charge < -0.3 is 0 Å². The zero-order valence-corrected chi connectivity index (χ0v) is 14.2. The summed E-state index contributed by atoms with van der Waals surface area (Å²) >= 11 is 7.41. The Morgan fingerprint density at radius 3 is 3.00 bits per heavy atom. The molecule has 2 aromatic heterocycles. The molecule has 0 fully saturated rings. The van der Waals surface area contributed by atoms with Crippen LogP contribution in [-0.2, 0) is 6.42 Å². The summed E-state index contributed by atoms with van der Waals surface area (Å²) in [6.07, 6.45) is 4.97. The van der Waals surface area contributed by atoms with Gasteiger partial charge in [-0.25, -0.2) is 9.97 Å². The molecule has 0 atom stereocenters. The molecule has 3 aromatic rings. The van der Waals surface area contributed by atoms with Crippen molar-refractivity contribution in [2.24, 2.45) is 0 Å². The highest BCUT2D eigenvalue weighted by molar-refractivity contribution is 7.22. The molecule has 1 amide bonds. The average Bonchev–Trinajstić information content (AvgIpc) is 2.94. The van der Waals surface area contributed by atoms with E-state index in [0.717, 1.165) is 16.6 Å². The summed E-state index contributed by atoms with van der Waals surface area (Å²) in [5, 5.41) is 3.55. The van der Waals surface area contributed by atoms with Crippen molar-refractivity contribution in [1.82, 2.24) is 9.97 Å². The Balaban J connectivity index is 1.80. The van der Waals surface area contributed by atoms with Crippen LogP contribution < -0.4 is 5.32 Å². The summed E-state index contributed by atoms with van der Waals surface area (Å²) < 4.78 is 1.08. The topological polar surface area (TPSA) is 54.9 Å². The third-order valence-electron chi connectivity index (χ3n) is 3.50. The van der Waals surface area contributed by atoms with E-state index < -0.39 is 0 Å². The number of aromatic nitrogens is 2. The Hall–Kier alpha value is -1.98. The molecule has 0 aliphatic carbocycles. The van der Waals surface area contributed by atoms with Gasteiger partial charge >= 0.3 is 0 Å². The van der Waals surface area contributed by atoms with Crippen molar-refractivity contribution in [3.8, 4) is 0 Å². The Morgan fingerprint density at radius 1 is 1.35 bits per heavy atom. The number of thiazole rings is 1. The van der Waals surface area contributed by atoms with Gasteiger partial charge in [0, 0.05) is 6.20 Å². The molecule has 0 bridgehead atoms. The van der Waals surface area contributed by atoms with Gasteiger partial charge in [-0.05, 0) is 42.7 Å². The van der Waals surface area contributed by atoms with Gasteiger partial charge in [0.25, 0.3) is 5.91 Å². The number of halogens is 1. The standard InChI is InChI=1S/C17H16ClN3OS/c1-2-3-5-11-7-8-13-14(10-11)23-17(20-13)21-16(22)12-6-4-9-19-15(12)18/h4,6-10H,2-3,5H2,1H3,(H,20,21,22). The predicted molar refractivity (Wildman–Crippen MR) is 95.4 cm³/mol. The molecule has 4 nitrogen and oxygen atoms in total. The molecule has 1 N–H and O–H groups in total. The van der Waals surface area contributed by atoms with Crippen LogP contribution in [0.5, 0.6) is 0 Å². The lowest BCUT2D eigenvalue weighted by molar-refractivity contribution is 0.102. The van der Waals surface area contributed by atoms with E-state index in [1.807, 2.05) is 6.07 Å². The normalized spacial score (nSPS) is 10.9. The highest BCUT2D eigenvalue weighted by Crippen LogP contribution is 2.28. The van der Waals surface area contributed by atoms with Crippen molar-refractivity contribution < 1.29 is 4.79 Å². The summed E-state index contributed by atoms with van der Waals surface area (Å²) in [4.78, 5) is 20.6. The number of hydrogen-bond donors (Lipinski definition) is 1. The first-order valence-electron chi connectivity index (χ1n) is 7.48. The number of unbranched alkanes of at least 4 members (excludes halogenated alkanes) is 1. The van der Waals surface area contributed by atoms with Crippen LogP contribution in [0.1, 0.15) is 35.7 Å². The second-order valence-electron chi connectivity index (χ2n) is 5.22. The molecule has 1 aromatic carbocycles. The van der Waals surface area contributed by atoms with E-state index in [9.17, 15) is 4.79 Å². The molecule has 0 saturated heterocycles. The van der Waals surface area contributed by atoms with Gasteiger partial charge in [-0.1, -0.05) is 42.3 Å². The molecule has 3 rings (SSSR count). The first kappa shape index (κ1) is 15.9. The Labute approximate surface area is 143 Å². The van der Waals surface area contributed by atoms with Crippen molar-refractivity contribution >= 4 is 44.2 Å². The molecule has 0 aliphatic rings. The number of carbonyl (C=O) groups excluding carboxylic acids is 1. The third-order valence-corrected chi connectivity index (χ3v) is 4.73. The Bertz CT molecular complexity index is 847. The van der Waals surface area contributed by atoms with Crippen molar-refractivity contribution in [3.63, 3.8) is 0 Å². The van der Waals surface area contributed by atoms with E-state index in [0.29, 0.717) is 10.7 Å². The fourth-order valence-electron chi connectivity index (χ4n) is 2.28. The van der Waals surface area contributed by atoms with Gasteiger partial charge in [-0.2, -0.15) is 0 Å². The van der Waals surface area contributed by atoms with E-state index in [4.69, 9.17) is 11.6 Å². The van der Waals surface area contributed by atoms with Crippen LogP contribution in [0.25, 0.3) is 10.2 Å². The minimum absolute atomic E-state index is 0.188. The summed E-state index contributed by atoms with van der Waals surface area (Å²) in [6, 6.07) is 9.57. The van der Waals surface area contributed by atoms with Crippen LogP contribution in [0.15, 0.2) is 36.5 Å². The van der Waals surface area contributed by atoms with E-state index >= 15 is 0 Å². The largest absolute Gasteiger partial charge is 0.298 e. The molecular weight excluding hydrogens is 330 g/mol. The summed E-state index contributed by atoms with van der Waals surface area (Å²) in [7, 11) is 0. The zero-order valence-electron chi connectivity index (χ0n) is 12.7. The van der Waals surface area contributed by atoms with E-state index in [2.05, 4.69) is 34.3 Å². The monoisotopic (exact) mass is 345 g/mol. The molecule has 0 radical (unpaired) electrons. The minimum Gasteiger partial charge on any atom is -0.298 e. The molecule has 0 spiro atoms. The number of benzene rings is 1. The maximum atomic E-state index is 12.3. The van der Waals surface area contributed by atoms with Gasteiger partial charge in [-0.3, -0.25) is 10.1 Å². The smallest absolute Gasteiger partial charge is 0.260 e. The molecule has 6 heteroatoms.